The quantitative estimate of drug-likeness (QED) is 0.743. The summed E-state index contributed by atoms with van der Waals surface area (Å²) in [4.78, 5) is 33.5. The fraction of sp³-hybridized carbons (Fsp3) is 0.308. The molecular formula is C13H15NO5S. The van der Waals surface area contributed by atoms with Crippen LogP contribution in [0.2, 0.25) is 0 Å². The summed E-state index contributed by atoms with van der Waals surface area (Å²) in [5.74, 6) is -2.58. The number of carbonyl (C=O) groups excluding carboxylic acids is 1. The van der Waals surface area contributed by atoms with E-state index in [1.165, 1.54) is 23.9 Å². The summed E-state index contributed by atoms with van der Waals surface area (Å²) in [5.41, 5.74) is -0.204. The molecule has 108 valence electrons. The lowest BCUT2D eigenvalue weighted by atomic mass is 10.1. The van der Waals surface area contributed by atoms with Crippen molar-refractivity contribution in [3.8, 4) is 0 Å². The Labute approximate surface area is 120 Å². The highest BCUT2D eigenvalue weighted by atomic mass is 32.2. The molecule has 0 aliphatic heterocycles. The van der Waals surface area contributed by atoms with Crippen molar-refractivity contribution < 1.29 is 24.6 Å². The van der Waals surface area contributed by atoms with Crippen LogP contribution < -0.4 is 5.32 Å². The van der Waals surface area contributed by atoms with Crippen molar-refractivity contribution in [2.45, 2.75) is 19.1 Å². The molecule has 20 heavy (non-hydrogen) atoms. The third-order valence-corrected chi connectivity index (χ3v) is 3.35. The fourth-order valence-corrected chi connectivity index (χ4v) is 1.94. The summed E-state index contributed by atoms with van der Waals surface area (Å²) in [6.07, 6.45) is 0. The van der Waals surface area contributed by atoms with Crippen LogP contribution in [0.1, 0.15) is 34.6 Å². The van der Waals surface area contributed by atoms with E-state index in [1.54, 1.807) is 0 Å². The van der Waals surface area contributed by atoms with Crippen LogP contribution in [-0.4, -0.2) is 39.1 Å². The molecule has 0 aromatic heterocycles. The summed E-state index contributed by atoms with van der Waals surface area (Å²) in [6.45, 7) is 3.90. The van der Waals surface area contributed by atoms with E-state index in [0.717, 1.165) is 6.07 Å². The second-order valence-electron chi connectivity index (χ2n) is 4.32. The summed E-state index contributed by atoms with van der Waals surface area (Å²) in [6, 6.07) is 3.50. The van der Waals surface area contributed by atoms with Crippen molar-refractivity contribution in [1.82, 2.24) is 0 Å². The number of rotatable bonds is 6. The monoisotopic (exact) mass is 297 g/mol. The average Bonchev–Trinajstić information content (AvgIpc) is 2.35. The number of carboxylic acid groups (broad SMARTS) is 2. The van der Waals surface area contributed by atoms with Gasteiger partial charge in [0, 0.05) is 5.69 Å². The largest absolute Gasteiger partial charge is 0.478 e. The number of hydrogen-bond acceptors (Lipinski definition) is 4. The van der Waals surface area contributed by atoms with Gasteiger partial charge in [0.25, 0.3) is 0 Å². The Morgan fingerprint density at radius 3 is 2.00 bits per heavy atom. The van der Waals surface area contributed by atoms with Gasteiger partial charge in [-0.1, -0.05) is 13.8 Å². The number of hydrogen-bond donors (Lipinski definition) is 3. The van der Waals surface area contributed by atoms with E-state index in [4.69, 9.17) is 10.2 Å². The summed E-state index contributed by atoms with van der Waals surface area (Å²) in [5, 5.41) is 20.6. The molecule has 0 fully saturated rings. The maximum absolute atomic E-state index is 11.7. The summed E-state index contributed by atoms with van der Waals surface area (Å²) in [7, 11) is 0. The van der Waals surface area contributed by atoms with E-state index in [1.807, 2.05) is 13.8 Å². The highest BCUT2D eigenvalue weighted by Gasteiger charge is 2.13. The molecule has 0 aliphatic rings. The van der Waals surface area contributed by atoms with Gasteiger partial charge in [-0.2, -0.15) is 0 Å². The number of nitrogens with one attached hydrogen (secondary N) is 1. The van der Waals surface area contributed by atoms with Crippen LogP contribution in [0.25, 0.3) is 0 Å². The second kappa shape index (κ2) is 6.95. The van der Waals surface area contributed by atoms with Gasteiger partial charge in [0.1, 0.15) is 0 Å². The van der Waals surface area contributed by atoms with Gasteiger partial charge in [-0.3, -0.25) is 4.79 Å². The summed E-state index contributed by atoms with van der Waals surface area (Å²) < 4.78 is 0. The Balaban J connectivity index is 2.91. The molecule has 0 saturated carbocycles. The fourth-order valence-electron chi connectivity index (χ4n) is 1.39. The molecule has 6 nitrogen and oxygen atoms in total. The Kier molecular flexibility index (Phi) is 5.57. The molecule has 7 heteroatoms. The molecule has 0 atom stereocenters. The Bertz CT molecular complexity index is 509. The number of carbonyl (C=O) groups is 3. The lowest BCUT2D eigenvalue weighted by molar-refractivity contribution is -0.113. The first-order chi connectivity index (χ1) is 9.29. The highest BCUT2D eigenvalue weighted by Crippen LogP contribution is 2.17. The number of benzene rings is 1. The van der Waals surface area contributed by atoms with Crippen LogP contribution in [0.4, 0.5) is 5.69 Å². The minimum atomic E-state index is -1.25. The first-order valence-corrected chi connectivity index (χ1v) is 6.87. The Morgan fingerprint density at radius 1 is 1.10 bits per heavy atom. The van der Waals surface area contributed by atoms with Gasteiger partial charge in [0.15, 0.2) is 0 Å². The van der Waals surface area contributed by atoms with Crippen molar-refractivity contribution in [3.05, 3.63) is 29.3 Å². The molecule has 1 aromatic carbocycles. The molecule has 0 heterocycles. The number of anilines is 1. The van der Waals surface area contributed by atoms with Gasteiger partial charge < -0.3 is 15.5 Å². The SMILES string of the molecule is CC(C)SCC(=O)Nc1cc(C(=O)O)cc(C(=O)O)c1. The van der Waals surface area contributed by atoms with Crippen molar-refractivity contribution in [2.24, 2.45) is 0 Å². The predicted octanol–water partition coefficient (Wildman–Crippen LogP) is 2.16. The highest BCUT2D eigenvalue weighted by molar-refractivity contribution is 8.00. The topological polar surface area (TPSA) is 104 Å². The molecular weight excluding hydrogens is 282 g/mol. The second-order valence-corrected chi connectivity index (χ2v) is 5.88. The van der Waals surface area contributed by atoms with E-state index < -0.39 is 11.9 Å². The average molecular weight is 297 g/mol. The molecule has 0 aliphatic carbocycles. The molecule has 0 spiro atoms. The molecule has 1 aromatic rings. The minimum absolute atomic E-state index is 0.164. The predicted molar refractivity (Wildman–Crippen MR) is 76.6 cm³/mol. The first kappa shape index (κ1) is 16.0. The Morgan fingerprint density at radius 2 is 1.60 bits per heavy atom. The zero-order chi connectivity index (χ0) is 15.3. The van der Waals surface area contributed by atoms with E-state index >= 15 is 0 Å². The molecule has 0 unspecified atom stereocenters. The number of amides is 1. The van der Waals surface area contributed by atoms with E-state index in [-0.39, 0.29) is 28.5 Å². The van der Waals surface area contributed by atoms with Crippen molar-refractivity contribution >= 4 is 35.3 Å². The van der Waals surface area contributed by atoms with Gasteiger partial charge in [-0.25, -0.2) is 9.59 Å². The number of thioether (sulfide) groups is 1. The summed E-state index contributed by atoms with van der Waals surface area (Å²) >= 11 is 1.43. The van der Waals surface area contributed by atoms with Crippen LogP contribution in [0.5, 0.6) is 0 Å². The van der Waals surface area contributed by atoms with Crippen LogP contribution in [0.3, 0.4) is 0 Å². The lowest BCUT2D eigenvalue weighted by Gasteiger charge is -2.08. The molecule has 0 bridgehead atoms. The van der Waals surface area contributed by atoms with Crippen molar-refractivity contribution in [3.63, 3.8) is 0 Å². The zero-order valence-corrected chi connectivity index (χ0v) is 11.9. The smallest absolute Gasteiger partial charge is 0.335 e. The van der Waals surface area contributed by atoms with Crippen LogP contribution in [0, 0.1) is 0 Å². The standard InChI is InChI=1S/C13H15NO5S/c1-7(2)20-6-11(15)14-10-4-8(12(16)17)3-9(5-10)13(18)19/h3-5,7H,6H2,1-2H3,(H,14,15)(H,16,17)(H,18,19). The van der Waals surface area contributed by atoms with Crippen LogP contribution in [0.15, 0.2) is 18.2 Å². The lowest BCUT2D eigenvalue weighted by Crippen LogP contribution is -2.16. The molecule has 3 N–H and O–H groups in total. The van der Waals surface area contributed by atoms with Crippen molar-refractivity contribution in [2.75, 3.05) is 11.1 Å². The van der Waals surface area contributed by atoms with Gasteiger partial charge >= 0.3 is 11.9 Å². The molecule has 1 amide bonds. The first-order valence-electron chi connectivity index (χ1n) is 5.82. The maximum Gasteiger partial charge on any atom is 0.335 e. The molecule has 1 rings (SSSR count). The number of aromatic carboxylic acids is 2. The van der Waals surface area contributed by atoms with Crippen LogP contribution >= 0.6 is 11.8 Å². The van der Waals surface area contributed by atoms with Gasteiger partial charge in [-0.15, -0.1) is 11.8 Å². The van der Waals surface area contributed by atoms with E-state index in [0.29, 0.717) is 5.25 Å². The van der Waals surface area contributed by atoms with Crippen molar-refractivity contribution in [1.29, 1.82) is 0 Å². The zero-order valence-electron chi connectivity index (χ0n) is 11.0. The maximum atomic E-state index is 11.7. The number of carboxylic acids is 2. The normalized spacial score (nSPS) is 10.3. The molecule has 0 radical (unpaired) electrons. The van der Waals surface area contributed by atoms with E-state index in [2.05, 4.69) is 5.32 Å². The van der Waals surface area contributed by atoms with Gasteiger partial charge in [-0.05, 0) is 23.4 Å². The van der Waals surface area contributed by atoms with E-state index in [9.17, 15) is 14.4 Å². The third kappa shape index (κ3) is 4.93. The minimum Gasteiger partial charge on any atom is -0.478 e. The Hall–Kier alpha value is -2.02. The van der Waals surface area contributed by atoms with Gasteiger partial charge in [0.2, 0.25) is 5.91 Å². The van der Waals surface area contributed by atoms with Gasteiger partial charge in [0.05, 0.1) is 16.9 Å². The van der Waals surface area contributed by atoms with Crippen LogP contribution in [-0.2, 0) is 4.79 Å². The molecule has 0 saturated heterocycles. The third-order valence-electron chi connectivity index (χ3n) is 2.26.